The van der Waals surface area contributed by atoms with Crippen molar-refractivity contribution in [3.63, 3.8) is 0 Å². The molecule has 1 heterocycles. The summed E-state index contributed by atoms with van der Waals surface area (Å²) in [4.78, 5) is 13.5. The largest absolute Gasteiger partial charge is 0.385 e. The summed E-state index contributed by atoms with van der Waals surface area (Å²) in [5.41, 5.74) is 2.18. The van der Waals surface area contributed by atoms with E-state index >= 15 is 0 Å². The Balaban J connectivity index is 1.54. The van der Waals surface area contributed by atoms with Gasteiger partial charge >= 0.3 is 0 Å². The van der Waals surface area contributed by atoms with E-state index in [1.54, 1.807) is 18.2 Å². The van der Waals surface area contributed by atoms with Crippen LogP contribution in [-0.2, 0) is 11.2 Å². The van der Waals surface area contributed by atoms with Gasteiger partial charge in [-0.05, 0) is 48.2 Å². The van der Waals surface area contributed by atoms with Crippen molar-refractivity contribution in [2.75, 3.05) is 18.0 Å². The number of halogens is 4. The Bertz CT molecular complexity index is 939. The molecule has 0 spiro atoms. The smallest absolute Gasteiger partial charge is 0.251 e. The second kappa shape index (κ2) is 8.76. The van der Waals surface area contributed by atoms with E-state index < -0.39 is 11.6 Å². The second-order valence-corrected chi connectivity index (χ2v) is 7.21. The first kappa shape index (κ1) is 20.4. The average Bonchev–Trinajstić information content (AvgIpc) is 3.02. The van der Waals surface area contributed by atoms with Crippen LogP contribution in [0.2, 0.25) is 10.0 Å². The molecule has 28 heavy (non-hydrogen) atoms. The number of rotatable bonds is 7. The van der Waals surface area contributed by atoms with Gasteiger partial charge in [0, 0.05) is 34.4 Å². The van der Waals surface area contributed by atoms with Gasteiger partial charge in [-0.25, -0.2) is 8.78 Å². The van der Waals surface area contributed by atoms with E-state index in [1.165, 1.54) is 17.0 Å². The Morgan fingerprint density at radius 3 is 2.57 bits per heavy atom. The molecule has 1 aliphatic heterocycles. The summed E-state index contributed by atoms with van der Waals surface area (Å²) in [6, 6.07) is 8.53. The second-order valence-electron chi connectivity index (χ2n) is 6.40. The Morgan fingerprint density at radius 1 is 1.18 bits per heavy atom. The van der Waals surface area contributed by atoms with Crippen LogP contribution >= 0.6 is 23.2 Å². The molecule has 0 aromatic heterocycles. The van der Waals surface area contributed by atoms with Gasteiger partial charge in [-0.15, -0.1) is 0 Å². The van der Waals surface area contributed by atoms with Crippen LogP contribution in [0.3, 0.4) is 0 Å². The third kappa shape index (κ3) is 4.54. The molecule has 7 heteroatoms. The summed E-state index contributed by atoms with van der Waals surface area (Å²) in [5, 5.41) is 4.43. The molecule has 0 saturated carbocycles. The van der Waals surface area contributed by atoms with Crippen molar-refractivity contribution in [2.24, 2.45) is 0 Å². The third-order valence-corrected chi connectivity index (χ3v) is 5.19. The lowest BCUT2D eigenvalue weighted by atomic mass is 10.1. The molecule has 0 unspecified atom stereocenters. The normalized spacial score (nSPS) is 13.6. The molecule has 0 saturated heterocycles. The third-order valence-electron chi connectivity index (χ3n) is 4.48. The highest BCUT2D eigenvalue weighted by Gasteiger charge is 2.26. The number of hydrogen-bond donors (Lipinski definition) is 1. The van der Waals surface area contributed by atoms with Crippen molar-refractivity contribution < 1.29 is 13.6 Å². The minimum Gasteiger partial charge on any atom is -0.385 e. The number of carbonyl (C=O) groups is 1. The standard InChI is InChI=1S/C21H18Cl2F2N2O/c1-13(26-9-3-4-16-17(22)5-2-6-18(16)23)14-10-21(28)27(12-14)20-8-7-15(24)11-19(20)25/h2,5-8,10-11,26H,1,3-4,9,12H2. The summed E-state index contributed by atoms with van der Waals surface area (Å²) >= 11 is 12.3. The maximum absolute atomic E-state index is 14.0. The lowest BCUT2D eigenvalue weighted by Gasteiger charge is -2.18. The van der Waals surface area contributed by atoms with Crippen molar-refractivity contribution in [3.05, 3.63) is 87.6 Å². The van der Waals surface area contributed by atoms with E-state index in [-0.39, 0.29) is 18.1 Å². The van der Waals surface area contributed by atoms with Crippen LogP contribution < -0.4 is 10.2 Å². The van der Waals surface area contributed by atoms with E-state index in [1.807, 2.05) is 0 Å². The molecule has 3 nitrogen and oxygen atoms in total. The predicted molar refractivity (Wildman–Crippen MR) is 109 cm³/mol. The number of amides is 1. The number of benzene rings is 2. The molecule has 146 valence electrons. The van der Waals surface area contributed by atoms with Crippen LogP contribution in [0.4, 0.5) is 14.5 Å². The molecular formula is C21H18Cl2F2N2O. The van der Waals surface area contributed by atoms with Crippen molar-refractivity contribution in [2.45, 2.75) is 12.8 Å². The molecule has 1 amide bonds. The first-order valence-corrected chi connectivity index (χ1v) is 9.45. The fraction of sp³-hybridized carbons (Fsp3) is 0.190. The van der Waals surface area contributed by atoms with Crippen LogP contribution in [0.25, 0.3) is 0 Å². The molecular weight excluding hydrogens is 405 g/mol. The van der Waals surface area contributed by atoms with Crippen LogP contribution in [0, 0.1) is 11.6 Å². The van der Waals surface area contributed by atoms with Crippen molar-refractivity contribution in [1.29, 1.82) is 0 Å². The van der Waals surface area contributed by atoms with Gasteiger partial charge in [0.2, 0.25) is 0 Å². The minimum absolute atomic E-state index is 0.0406. The fourth-order valence-corrected chi connectivity index (χ4v) is 3.58. The molecule has 1 N–H and O–H groups in total. The monoisotopic (exact) mass is 422 g/mol. The van der Waals surface area contributed by atoms with Crippen LogP contribution in [-0.4, -0.2) is 19.0 Å². The number of nitrogens with zero attached hydrogens (tertiary/aromatic N) is 1. The molecule has 0 atom stereocenters. The van der Waals surface area contributed by atoms with E-state index in [9.17, 15) is 13.6 Å². The summed E-state index contributed by atoms with van der Waals surface area (Å²) in [6.07, 6.45) is 2.87. The summed E-state index contributed by atoms with van der Waals surface area (Å²) in [5.74, 6) is -1.84. The Kier molecular flexibility index (Phi) is 6.37. The summed E-state index contributed by atoms with van der Waals surface area (Å²) < 4.78 is 27.0. The molecule has 0 bridgehead atoms. The number of nitrogens with one attached hydrogen (secondary N) is 1. The van der Waals surface area contributed by atoms with Crippen LogP contribution in [0.5, 0.6) is 0 Å². The maximum Gasteiger partial charge on any atom is 0.251 e. The quantitative estimate of drug-likeness (QED) is 0.615. The van der Waals surface area contributed by atoms with E-state index in [2.05, 4.69) is 11.9 Å². The maximum atomic E-state index is 14.0. The van der Waals surface area contributed by atoms with Gasteiger partial charge in [0.1, 0.15) is 11.6 Å². The number of carbonyl (C=O) groups excluding carboxylic acids is 1. The molecule has 3 rings (SSSR count). The zero-order chi connectivity index (χ0) is 20.3. The lowest BCUT2D eigenvalue weighted by Crippen LogP contribution is -2.27. The molecule has 0 radical (unpaired) electrons. The van der Waals surface area contributed by atoms with E-state index in [0.717, 1.165) is 24.1 Å². The average molecular weight is 423 g/mol. The van der Waals surface area contributed by atoms with Crippen LogP contribution in [0.1, 0.15) is 12.0 Å². The SMILES string of the molecule is C=C(NCCCc1c(Cl)cccc1Cl)C1=CC(=O)N(c2ccc(F)cc2F)C1. The van der Waals surface area contributed by atoms with Gasteiger partial charge < -0.3 is 10.2 Å². The van der Waals surface area contributed by atoms with Crippen molar-refractivity contribution >= 4 is 34.8 Å². The topological polar surface area (TPSA) is 32.3 Å². The Morgan fingerprint density at radius 2 is 1.89 bits per heavy atom. The van der Waals surface area contributed by atoms with Crippen LogP contribution in [0.15, 0.2) is 60.3 Å². The van der Waals surface area contributed by atoms with Gasteiger partial charge in [-0.3, -0.25) is 4.79 Å². The molecule has 2 aromatic carbocycles. The first-order valence-electron chi connectivity index (χ1n) is 8.70. The Hall–Kier alpha value is -2.37. The zero-order valence-corrected chi connectivity index (χ0v) is 16.5. The summed E-state index contributed by atoms with van der Waals surface area (Å²) in [7, 11) is 0. The highest BCUT2D eigenvalue weighted by atomic mass is 35.5. The molecule has 2 aromatic rings. The van der Waals surface area contributed by atoms with E-state index in [4.69, 9.17) is 23.2 Å². The highest BCUT2D eigenvalue weighted by molar-refractivity contribution is 6.35. The van der Waals surface area contributed by atoms with Gasteiger partial charge in [-0.2, -0.15) is 0 Å². The lowest BCUT2D eigenvalue weighted by molar-refractivity contribution is -0.113. The minimum atomic E-state index is -0.779. The molecule has 0 fully saturated rings. The van der Waals surface area contributed by atoms with Gasteiger partial charge in [0.25, 0.3) is 5.91 Å². The van der Waals surface area contributed by atoms with Gasteiger partial charge in [-0.1, -0.05) is 35.8 Å². The van der Waals surface area contributed by atoms with Crippen molar-refractivity contribution in [1.82, 2.24) is 5.32 Å². The number of anilines is 1. The highest BCUT2D eigenvalue weighted by Crippen LogP contribution is 2.27. The number of hydrogen-bond acceptors (Lipinski definition) is 2. The molecule has 0 aliphatic carbocycles. The molecule has 1 aliphatic rings. The predicted octanol–water partition coefficient (Wildman–Crippen LogP) is 5.28. The van der Waals surface area contributed by atoms with Gasteiger partial charge in [0.15, 0.2) is 0 Å². The summed E-state index contributed by atoms with van der Waals surface area (Å²) in [6.45, 7) is 4.73. The zero-order valence-electron chi connectivity index (χ0n) is 14.9. The Labute approximate surface area is 172 Å². The van der Waals surface area contributed by atoms with E-state index in [0.29, 0.717) is 34.3 Å². The van der Waals surface area contributed by atoms with Gasteiger partial charge in [0.05, 0.1) is 12.2 Å². The van der Waals surface area contributed by atoms with Crippen molar-refractivity contribution in [3.8, 4) is 0 Å². The first-order chi connectivity index (χ1) is 13.4. The fourth-order valence-electron chi connectivity index (χ4n) is 3.00.